The molecule has 80 valence electrons. The molecule has 0 aromatic heterocycles. The Labute approximate surface area is 85.8 Å². The van der Waals surface area contributed by atoms with Crippen LogP contribution in [-0.4, -0.2) is 36.5 Å². The summed E-state index contributed by atoms with van der Waals surface area (Å²) in [7, 11) is 0. The van der Waals surface area contributed by atoms with Gasteiger partial charge < -0.3 is 10.2 Å². The number of nitrogens with one attached hydrogen (secondary N) is 1. The SMILES string of the molecule is CCN(C(=O)C1CCNCC1)C1CC1. The van der Waals surface area contributed by atoms with Crippen molar-refractivity contribution in [2.45, 2.75) is 38.6 Å². The Bertz CT molecular complexity index is 207. The quantitative estimate of drug-likeness (QED) is 0.730. The molecule has 0 radical (unpaired) electrons. The Morgan fingerprint density at radius 1 is 1.29 bits per heavy atom. The van der Waals surface area contributed by atoms with Crippen molar-refractivity contribution in [2.75, 3.05) is 19.6 Å². The van der Waals surface area contributed by atoms with Gasteiger partial charge in [0, 0.05) is 18.5 Å². The number of carbonyl (C=O) groups excluding carboxylic acids is 1. The summed E-state index contributed by atoms with van der Waals surface area (Å²) in [6, 6.07) is 0.586. The standard InChI is InChI=1S/C11H20N2O/c1-2-13(10-3-4-10)11(14)9-5-7-12-8-6-9/h9-10,12H,2-8H2,1H3. The highest BCUT2D eigenvalue weighted by molar-refractivity contribution is 5.79. The van der Waals surface area contributed by atoms with Crippen LogP contribution in [0.25, 0.3) is 0 Å². The summed E-state index contributed by atoms with van der Waals surface area (Å²) >= 11 is 0. The molecule has 0 bridgehead atoms. The van der Waals surface area contributed by atoms with E-state index < -0.39 is 0 Å². The fourth-order valence-electron chi connectivity index (χ4n) is 2.28. The van der Waals surface area contributed by atoms with Gasteiger partial charge in [0.2, 0.25) is 5.91 Å². The van der Waals surface area contributed by atoms with E-state index in [4.69, 9.17) is 0 Å². The average Bonchev–Trinajstić information content (AvgIpc) is 3.04. The third-order valence-electron chi connectivity index (χ3n) is 3.30. The minimum absolute atomic E-state index is 0.303. The third-order valence-corrected chi connectivity index (χ3v) is 3.30. The number of amides is 1. The van der Waals surface area contributed by atoms with Crippen LogP contribution in [0.5, 0.6) is 0 Å². The van der Waals surface area contributed by atoms with Gasteiger partial charge >= 0.3 is 0 Å². The molecular weight excluding hydrogens is 176 g/mol. The van der Waals surface area contributed by atoms with Crippen LogP contribution in [0.1, 0.15) is 32.6 Å². The molecule has 3 nitrogen and oxygen atoms in total. The second kappa shape index (κ2) is 4.30. The maximum Gasteiger partial charge on any atom is 0.226 e. The van der Waals surface area contributed by atoms with E-state index in [9.17, 15) is 4.79 Å². The lowest BCUT2D eigenvalue weighted by molar-refractivity contribution is -0.136. The van der Waals surface area contributed by atoms with Gasteiger partial charge in [0.1, 0.15) is 0 Å². The number of piperidine rings is 1. The second-order valence-electron chi connectivity index (χ2n) is 4.38. The highest BCUT2D eigenvalue weighted by atomic mass is 16.2. The lowest BCUT2D eigenvalue weighted by Gasteiger charge is -2.28. The first-order chi connectivity index (χ1) is 6.83. The Morgan fingerprint density at radius 2 is 1.93 bits per heavy atom. The molecule has 14 heavy (non-hydrogen) atoms. The zero-order valence-electron chi connectivity index (χ0n) is 8.96. The number of hydrogen-bond donors (Lipinski definition) is 1. The summed E-state index contributed by atoms with van der Waals surface area (Å²) in [5.74, 6) is 0.716. The predicted octanol–water partition coefficient (Wildman–Crippen LogP) is 0.997. The van der Waals surface area contributed by atoms with Crippen LogP contribution >= 0.6 is 0 Å². The molecule has 2 fully saturated rings. The van der Waals surface area contributed by atoms with Crippen molar-refractivity contribution in [3.8, 4) is 0 Å². The topological polar surface area (TPSA) is 32.3 Å². The largest absolute Gasteiger partial charge is 0.340 e. The smallest absolute Gasteiger partial charge is 0.226 e. The molecule has 0 unspecified atom stereocenters. The molecule has 1 saturated heterocycles. The summed E-state index contributed by atoms with van der Waals surface area (Å²) in [6.45, 7) is 5.02. The zero-order valence-corrected chi connectivity index (χ0v) is 8.96. The van der Waals surface area contributed by atoms with Crippen molar-refractivity contribution in [1.82, 2.24) is 10.2 Å². The van der Waals surface area contributed by atoms with E-state index >= 15 is 0 Å². The molecule has 1 amide bonds. The van der Waals surface area contributed by atoms with Gasteiger partial charge in [-0.2, -0.15) is 0 Å². The van der Waals surface area contributed by atoms with E-state index in [2.05, 4.69) is 17.1 Å². The molecule has 2 rings (SSSR count). The van der Waals surface area contributed by atoms with Gasteiger partial charge in [-0.25, -0.2) is 0 Å². The Kier molecular flexibility index (Phi) is 3.06. The summed E-state index contributed by atoms with van der Waals surface area (Å²) in [6.07, 6.45) is 4.51. The first-order valence-corrected chi connectivity index (χ1v) is 5.84. The molecule has 1 heterocycles. The van der Waals surface area contributed by atoms with Gasteiger partial charge in [0.05, 0.1) is 0 Å². The van der Waals surface area contributed by atoms with E-state index in [1.54, 1.807) is 0 Å². The average molecular weight is 196 g/mol. The number of rotatable bonds is 3. The number of carbonyl (C=O) groups is 1. The molecule has 1 aliphatic carbocycles. The normalized spacial score (nSPS) is 23.5. The first kappa shape index (κ1) is 9.97. The van der Waals surface area contributed by atoms with Crippen LogP contribution in [0.2, 0.25) is 0 Å². The van der Waals surface area contributed by atoms with Crippen molar-refractivity contribution in [2.24, 2.45) is 5.92 Å². The maximum absolute atomic E-state index is 12.1. The van der Waals surface area contributed by atoms with Crippen molar-refractivity contribution in [3.05, 3.63) is 0 Å². The molecule has 2 aliphatic rings. The van der Waals surface area contributed by atoms with Crippen molar-refractivity contribution in [3.63, 3.8) is 0 Å². The molecule has 0 aromatic carbocycles. The van der Waals surface area contributed by atoms with E-state index in [-0.39, 0.29) is 0 Å². The second-order valence-corrected chi connectivity index (χ2v) is 4.38. The minimum atomic E-state index is 0.303. The number of nitrogens with zero attached hydrogens (tertiary/aromatic N) is 1. The zero-order chi connectivity index (χ0) is 9.97. The summed E-state index contributed by atoms with van der Waals surface area (Å²) in [4.78, 5) is 14.2. The van der Waals surface area contributed by atoms with Crippen molar-refractivity contribution >= 4 is 5.91 Å². The molecule has 0 aromatic rings. The van der Waals surface area contributed by atoms with E-state index in [1.807, 2.05) is 0 Å². The van der Waals surface area contributed by atoms with Gasteiger partial charge in [0.15, 0.2) is 0 Å². The Morgan fingerprint density at radius 3 is 2.43 bits per heavy atom. The molecule has 0 atom stereocenters. The maximum atomic E-state index is 12.1. The number of hydrogen-bond acceptors (Lipinski definition) is 2. The highest BCUT2D eigenvalue weighted by Gasteiger charge is 2.34. The predicted molar refractivity (Wildman–Crippen MR) is 56.0 cm³/mol. The molecule has 1 aliphatic heterocycles. The lowest BCUT2D eigenvalue weighted by Crippen LogP contribution is -2.42. The van der Waals surface area contributed by atoms with Crippen LogP contribution in [0.3, 0.4) is 0 Å². The molecule has 3 heteroatoms. The van der Waals surface area contributed by atoms with Gasteiger partial charge in [-0.3, -0.25) is 4.79 Å². The van der Waals surface area contributed by atoms with Gasteiger partial charge in [-0.05, 0) is 45.7 Å². The van der Waals surface area contributed by atoms with E-state index in [0.29, 0.717) is 17.9 Å². The molecular formula is C11H20N2O. The fourth-order valence-corrected chi connectivity index (χ4v) is 2.28. The van der Waals surface area contributed by atoms with E-state index in [0.717, 1.165) is 32.5 Å². The summed E-state index contributed by atoms with van der Waals surface area (Å²) in [5, 5.41) is 3.30. The Balaban J connectivity index is 1.90. The van der Waals surface area contributed by atoms with Crippen LogP contribution < -0.4 is 5.32 Å². The van der Waals surface area contributed by atoms with Gasteiger partial charge in [-0.15, -0.1) is 0 Å². The first-order valence-electron chi connectivity index (χ1n) is 5.84. The summed E-state index contributed by atoms with van der Waals surface area (Å²) < 4.78 is 0. The minimum Gasteiger partial charge on any atom is -0.340 e. The molecule has 1 saturated carbocycles. The third kappa shape index (κ3) is 2.08. The Hall–Kier alpha value is -0.570. The van der Waals surface area contributed by atoms with Gasteiger partial charge in [-0.1, -0.05) is 0 Å². The highest BCUT2D eigenvalue weighted by Crippen LogP contribution is 2.29. The van der Waals surface area contributed by atoms with Crippen LogP contribution in [0, 0.1) is 5.92 Å². The summed E-state index contributed by atoms with van der Waals surface area (Å²) in [5.41, 5.74) is 0. The lowest BCUT2D eigenvalue weighted by atomic mass is 9.96. The van der Waals surface area contributed by atoms with Crippen molar-refractivity contribution < 1.29 is 4.79 Å². The van der Waals surface area contributed by atoms with E-state index in [1.165, 1.54) is 12.8 Å². The van der Waals surface area contributed by atoms with Crippen LogP contribution in [-0.2, 0) is 4.79 Å². The van der Waals surface area contributed by atoms with Crippen LogP contribution in [0.15, 0.2) is 0 Å². The van der Waals surface area contributed by atoms with Crippen molar-refractivity contribution in [1.29, 1.82) is 0 Å². The fraction of sp³-hybridized carbons (Fsp3) is 0.909. The molecule has 1 N–H and O–H groups in total. The molecule has 0 spiro atoms. The van der Waals surface area contributed by atoms with Crippen LogP contribution in [0.4, 0.5) is 0 Å². The monoisotopic (exact) mass is 196 g/mol. The van der Waals surface area contributed by atoms with Gasteiger partial charge in [0.25, 0.3) is 0 Å².